The quantitative estimate of drug-likeness (QED) is 0.926. The Kier molecular flexibility index (Phi) is 4.04. The van der Waals surface area contributed by atoms with E-state index < -0.39 is 5.41 Å². The fourth-order valence-electron chi connectivity index (χ4n) is 1.73. The molecule has 0 fully saturated rings. The molecule has 0 radical (unpaired) electrons. The van der Waals surface area contributed by atoms with Crippen molar-refractivity contribution in [2.75, 3.05) is 0 Å². The van der Waals surface area contributed by atoms with Crippen LogP contribution in [-0.2, 0) is 23.8 Å². The predicted octanol–water partition coefficient (Wildman–Crippen LogP) is 1.46. The summed E-state index contributed by atoms with van der Waals surface area (Å²) >= 11 is 5.90. The molecule has 7 heteroatoms. The van der Waals surface area contributed by atoms with E-state index in [1.807, 2.05) is 13.8 Å². The van der Waals surface area contributed by atoms with Gasteiger partial charge in [0, 0.05) is 31.1 Å². The lowest BCUT2D eigenvalue weighted by molar-refractivity contribution is -0.125. The Bertz CT molecular complexity index is 589. The number of carbonyl (C=O) groups excluding carboxylic acids is 1. The predicted molar refractivity (Wildman–Crippen MR) is 75.1 cm³/mol. The van der Waals surface area contributed by atoms with Gasteiger partial charge in [0.25, 0.3) is 0 Å². The highest BCUT2D eigenvalue weighted by Crippen LogP contribution is 2.21. The first kappa shape index (κ1) is 14.5. The number of aryl methyl sites for hydroxylation is 1. The first-order chi connectivity index (χ1) is 9.41. The van der Waals surface area contributed by atoms with Gasteiger partial charge in [-0.05, 0) is 13.8 Å². The van der Waals surface area contributed by atoms with E-state index in [4.69, 9.17) is 11.6 Å². The highest BCUT2D eigenvalue weighted by Gasteiger charge is 2.30. The molecule has 1 amide bonds. The largest absolute Gasteiger partial charge is 0.350 e. The van der Waals surface area contributed by atoms with Crippen molar-refractivity contribution >= 4 is 17.5 Å². The van der Waals surface area contributed by atoms with Crippen molar-refractivity contribution in [3.63, 3.8) is 0 Å². The van der Waals surface area contributed by atoms with Crippen molar-refractivity contribution < 1.29 is 4.79 Å². The fourth-order valence-corrected chi connectivity index (χ4v) is 1.90. The number of carbonyl (C=O) groups is 1. The summed E-state index contributed by atoms with van der Waals surface area (Å²) in [6.45, 7) is 3.98. The first-order valence-electron chi connectivity index (χ1n) is 6.13. The normalized spacial score (nSPS) is 11.4. The highest BCUT2D eigenvalue weighted by atomic mass is 35.5. The number of amides is 1. The highest BCUT2D eigenvalue weighted by molar-refractivity contribution is 6.29. The van der Waals surface area contributed by atoms with Crippen LogP contribution in [0.1, 0.15) is 25.1 Å². The minimum atomic E-state index is -0.708. The van der Waals surface area contributed by atoms with E-state index in [-0.39, 0.29) is 5.91 Å². The maximum atomic E-state index is 12.3. The zero-order valence-electron chi connectivity index (χ0n) is 11.6. The Hall–Kier alpha value is -1.95. The van der Waals surface area contributed by atoms with Gasteiger partial charge in [0.1, 0.15) is 11.5 Å². The monoisotopic (exact) mass is 293 g/mol. The van der Waals surface area contributed by atoms with Crippen molar-refractivity contribution in [1.82, 2.24) is 25.1 Å². The maximum absolute atomic E-state index is 12.3. The maximum Gasteiger partial charge on any atom is 0.230 e. The molecule has 0 atom stereocenters. The molecule has 0 spiro atoms. The Balaban J connectivity index is 2.04. The van der Waals surface area contributed by atoms with E-state index in [1.165, 1.54) is 6.33 Å². The number of hydrogen-bond acceptors (Lipinski definition) is 4. The summed E-state index contributed by atoms with van der Waals surface area (Å²) in [4.78, 5) is 20.2. The Labute approximate surface area is 122 Å². The van der Waals surface area contributed by atoms with Crippen LogP contribution >= 0.6 is 11.6 Å². The van der Waals surface area contributed by atoms with Crippen molar-refractivity contribution in [2.45, 2.75) is 25.8 Å². The second-order valence-corrected chi connectivity index (χ2v) is 5.40. The summed E-state index contributed by atoms with van der Waals surface area (Å²) < 4.78 is 1.55. The first-order valence-corrected chi connectivity index (χ1v) is 6.51. The van der Waals surface area contributed by atoms with E-state index in [9.17, 15) is 4.79 Å². The molecule has 1 N–H and O–H groups in total. The third-order valence-electron chi connectivity index (χ3n) is 3.15. The molecule has 0 aliphatic heterocycles. The second-order valence-electron chi connectivity index (χ2n) is 5.02. The molecule has 0 saturated carbocycles. The molecule has 2 rings (SSSR count). The van der Waals surface area contributed by atoms with Gasteiger partial charge in [-0.2, -0.15) is 5.10 Å². The van der Waals surface area contributed by atoms with Gasteiger partial charge in [-0.3, -0.25) is 9.48 Å². The van der Waals surface area contributed by atoms with Crippen LogP contribution in [0.25, 0.3) is 0 Å². The van der Waals surface area contributed by atoms with E-state index >= 15 is 0 Å². The van der Waals surface area contributed by atoms with Gasteiger partial charge in [0.2, 0.25) is 5.91 Å². The summed E-state index contributed by atoms with van der Waals surface area (Å²) in [6.07, 6.45) is 4.72. The van der Waals surface area contributed by atoms with Crippen molar-refractivity contribution in [3.8, 4) is 0 Å². The van der Waals surface area contributed by atoms with Gasteiger partial charge in [-0.1, -0.05) is 11.6 Å². The van der Waals surface area contributed by atoms with Crippen LogP contribution in [0.5, 0.6) is 0 Å². The van der Waals surface area contributed by atoms with Crippen molar-refractivity contribution in [3.05, 3.63) is 41.2 Å². The van der Waals surface area contributed by atoms with Gasteiger partial charge in [0.15, 0.2) is 0 Å². The zero-order valence-corrected chi connectivity index (χ0v) is 12.3. The summed E-state index contributed by atoms with van der Waals surface area (Å²) in [5.74, 6) is -0.117. The van der Waals surface area contributed by atoms with Crippen molar-refractivity contribution in [1.29, 1.82) is 0 Å². The molecule has 6 nitrogen and oxygen atoms in total. The van der Waals surface area contributed by atoms with Gasteiger partial charge in [0.05, 0.1) is 17.7 Å². The molecule has 2 heterocycles. The zero-order chi connectivity index (χ0) is 14.8. The Morgan fingerprint density at radius 1 is 1.40 bits per heavy atom. The van der Waals surface area contributed by atoms with Gasteiger partial charge in [-0.25, -0.2) is 9.97 Å². The average molecular weight is 294 g/mol. The fraction of sp³-hybridized carbons (Fsp3) is 0.385. The van der Waals surface area contributed by atoms with Gasteiger partial charge >= 0.3 is 0 Å². The molecule has 0 aliphatic carbocycles. The molecule has 2 aromatic rings. The molecule has 0 aromatic carbocycles. The Morgan fingerprint density at radius 2 is 2.05 bits per heavy atom. The number of nitrogens with zero attached hydrogens (tertiary/aromatic N) is 4. The van der Waals surface area contributed by atoms with E-state index in [0.29, 0.717) is 17.4 Å². The lowest BCUT2D eigenvalue weighted by Crippen LogP contribution is -2.39. The average Bonchev–Trinajstić information content (AvgIpc) is 2.76. The number of rotatable bonds is 4. The smallest absolute Gasteiger partial charge is 0.230 e. The number of aromatic nitrogens is 4. The summed E-state index contributed by atoms with van der Waals surface area (Å²) in [7, 11) is 1.75. The second kappa shape index (κ2) is 5.58. The van der Waals surface area contributed by atoms with Crippen LogP contribution in [0.4, 0.5) is 0 Å². The molecule has 20 heavy (non-hydrogen) atoms. The minimum absolute atomic E-state index is 0.117. The minimum Gasteiger partial charge on any atom is -0.350 e. The third kappa shape index (κ3) is 2.96. The molecule has 2 aromatic heterocycles. The van der Waals surface area contributed by atoms with E-state index in [1.54, 1.807) is 30.2 Å². The topological polar surface area (TPSA) is 72.7 Å². The number of nitrogens with one attached hydrogen (secondary N) is 1. The lowest BCUT2D eigenvalue weighted by Gasteiger charge is -2.22. The summed E-state index contributed by atoms with van der Waals surface area (Å²) in [5, 5.41) is 7.56. The molecular weight excluding hydrogens is 278 g/mol. The van der Waals surface area contributed by atoms with Crippen molar-refractivity contribution in [2.24, 2.45) is 7.05 Å². The van der Waals surface area contributed by atoms with Crippen LogP contribution in [0.2, 0.25) is 5.15 Å². The summed E-state index contributed by atoms with van der Waals surface area (Å²) in [6, 6.07) is 1.72. The van der Waals surface area contributed by atoms with Gasteiger partial charge in [-0.15, -0.1) is 0 Å². The van der Waals surface area contributed by atoms with Crippen LogP contribution in [-0.4, -0.2) is 25.7 Å². The molecule has 0 bridgehead atoms. The standard InChI is InChI=1S/C13H16ClN5O/c1-13(2,9-5-15-8-16-6-9)12(20)17-7-10-4-11(14)19(3)18-10/h4-6,8H,7H2,1-3H3,(H,17,20). The van der Waals surface area contributed by atoms with E-state index in [2.05, 4.69) is 20.4 Å². The van der Waals surface area contributed by atoms with Crippen LogP contribution < -0.4 is 5.32 Å². The molecule has 0 saturated heterocycles. The summed E-state index contributed by atoms with van der Waals surface area (Å²) in [5.41, 5.74) is 0.766. The SMILES string of the molecule is Cn1nc(CNC(=O)C(C)(C)c2cncnc2)cc1Cl. The molecule has 0 unspecified atom stereocenters. The molecular formula is C13H16ClN5O. The molecule has 106 valence electrons. The lowest BCUT2D eigenvalue weighted by atomic mass is 9.85. The van der Waals surface area contributed by atoms with Crippen LogP contribution in [0.3, 0.4) is 0 Å². The van der Waals surface area contributed by atoms with Gasteiger partial charge < -0.3 is 5.32 Å². The van der Waals surface area contributed by atoms with Crippen LogP contribution in [0, 0.1) is 0 Å². The molecule has 0 aliphatic rings. The third-order valence-corrected chi connectivity index (χ3v) is 3.51. The Morgan fingerprint density at radius 3 is 2.60 bits per heavy atom. The van der Waals surface area contributed by atoms with E-state index in [0.717, 1.165) is 5.56 Å². The van der Waals surface area contributed by atoms with Crippen LogP contribution in [0.15, 0.2) is 24.8 Å². The number of hydrogen-bond donors (Lipinski definition) is 1. The number of halogens is 1.